The van der Waals surface area contributed by atoms with Crippen LogP contribution < -0.4 is 4.90 Å². The summed E-state index contributed by atoms with van der Waals surface area (Å²) in [5, 5.41) is 20.7. The lowest BCUT2D eigenvalue weighted by Gasteiger charge is -2.20. The monoisotopic (exact) mass is 543 g/mol. The average Bonchev–Trinajstić information content (AvgIpc) is 3.60. The summed E-state index contributed by atoms with van der Waals surface area (Å²) in [5.41, 5.74) is 1.18. The van der Waals surface area contributed by atoms with E-state index < -0.39 is 17.7 Å². The first-order valence-corrected chi connectivity index (χ1v) is 12.8. The van der Waals surface area contributed by atoms with E-state index in [2.05, 4.69) is 10.2 Å². The van der Waals surface area contributed by atoms with E-state index in [0.29, 0.717) is 31.5 Å². The van der Waals surface area contributed by atoms with Crippen molar-refractivity contribution in [2.45, 2.75) is 16.1 Å². The van der Waals surface area contributed by atoms with Gasteiger partial charge in [-0.2, -0.15) is 0 Å². The number of furan rings is 1. The Balaban J connectivity index is 1.51. The molecule has 1 aliphatic rings. The highest BCUT2D eigenvalue weighted by atomic mass is 35.5. The zero-order chi connectivity index (χ0) is 24.5. The number of thioether (sulfide) groups is 1. The molecule has 1 atom stereocenters. The van der Waals surface area contributed by atoms with E-state index in [1.54, 1.807) is 36.4 Å². The largest absolute Gasteiger partial charge is 0.507 e. The lowest BCUT2D eigenvalue weighted by Crippen LogP contribution is -2.29. The van der Waals surface area contributed by atoms with Gasteiger partial charge < -0.3 is 9.52 Å². The molecule has 1 N–H and O–H groups in total. The Morgan fingerprint density at radius 3 is 2.54 bits per heavy atom. The van der Waals surface area contributed by atoms with Gasteiger partial charge in [0, 0.05) is 21.4 Å². The average molecular weight is 544 g/mol. The lowest BCUT2D eigenvalue weighted by molar-refractivity contribution is -0.132. The molecule has 1 saturated heterocycles. The fourth-order valence-corrected chi connectivity index (χ4v) is 5.90. The molecule has 176 valence electrons. The molecule has 0 bridgehead atoms. The Bertz CT molecular complexity index is 1440. The van der Waals surface area contributed by atoms with Crippen molar-refractivity contribution in [3.63, 3.8) is 0 Å². The summed E-state index contributed by atoms with van der Waals surface area (Å²) in [4.78, 5) is 27.4. The van der Waals surface area contributed by atoms with Crippen LogP contribution in [0.4, 0.5) is 5.13 Å². The number of amides is 1. The molecule has 2 aromatic carbocycles. The van der Waals surface area contributed by atoms with Crippen molar-refractivity contribution in [1.29, 1.82) is 0 Å². The second kappa shape index (κ2) is 9.87. The maximum Gasteiger partial charge on any atom is 0.302 e. The topological polar surface area (TPSA) is 96.5 Å². The van der Waals surface area contributed by atoms with Crippen molar-refractivity contribution in [1.82, 2.24) is 10.2 Å². The van der Waals surface area contributed by atoms with Gasteiger partial charge >= 0.3 is 5.91 Å². The van der Waals surface area contributed by atoms with Crippen LogP contribution in [0.25, 0.3) is 5.76 Å². The fraction of sp³-hybridized carbons (Fsp3) is 0.0833. The van der Waals surface area contributed by atoms with Crippen LogP contribution in [0.5, 0.6) is 0 Å². The standard InChI is InChI=1S/C24H15Cl2N3O4S2/c25-15-9-7-13(8-10-15)20(30)18-19(17-6-3-11-33-17)29(22(32)21(18)31)23-27-28-24(35-23)34-12-14-4-1-2-5-16(14)26/h1-11,19,30H,12H2/b20-18-. The molecule has 4 aromatic rings. The van der Waals surface area contributed by atoms with Gasteiger partial charge in [0.25, 0.3) is 5.78 Å². The van der Waals surface area contributed by atoms with Gasteiger partial charge in [-0.25, -0.2) is 0 Å². The van der Waals surface area contributed by atoms with Gasteiger partial charge in [0.1, 0.15) is 17.6 Å². The van der Waals surface area contributed by atoms with Crippen LogP contribution in [0, 0.1) is 0 Å². The molecule has 0 aliphatic carbocycles. The molecule has 11 heteroatoms. The first-order chi connectivity index (χ1) is 16.9. The van der Waals surface area contributed by atoms with Crippen LogP contribution in [-0.2, 0) is 15.3 Å². The molecule has 1 aliphatic heterocycles. The lowest BCUT2D eigenvalue weighted by atomic mass is 9.99. The molecule has 2 aromatic heterocycles. The Kier molecular flexibility index (Phi) is 6.66. The van der Waals surface area contributed by atoms with E-state index in [0.717, 1.165) is 16.9 Å². The molecule has 35 heavy (non-hydrogen) atoms. The van der Waals surface area contributed by atoms with Gasteiger partial charge in [-0.3, -0.25) is 14.5 Å². The van der Waals surface area contributed by atoms with Crippen molar-refractivity contribution >= 4 is 68.9 Å². The van der Waals surface area contributed by atoms with E-state index in [9.17, 15) is 14.7 Å². The maximum absolute atomic E-state index is 13.1. The number of aliphatic hydroxyl groups is 1. The number of nitrogens with zero attached hydrogens (tertiary/aromatic N) is 3. The fourth-order valence-electron chi connectivity index (χ4n) is 3.62. The Morgan fingerprint density at radius 1 is 1.06 bits per heavy atom. The summed E-state index contributed by atoms with van der Waals surface area (Å²) in [6, 6.07) is 16.1. The summed E-state index contributed by atoms with van der Waals surface area (Å²) in [7, 11) is 0. The van der Waals surface area contributed by atoms with E-state index in [1.807, 2.05) is 24.3 Å². The number of carbonyl (C=O) groups excluding carboxylic acids is 2. The number of rotatable bonds is 6. The van der Waals surface area contributed by atoms with Gasteiger partial charge in [0.05, 0.1) is 11.8 Å². The van der Waals surface area contributed by atoms with Crippen LogP contribution in [0.3, 0.4) is 0 Å². The molecule has 3 heterocycles. The minimum Gasteiger partial charge on any atom is -0.507 e. The number of aromatic nitrogens is 2. The highest BCUT2D eigenvalue weighted by Gasteiger charge is 2.49. The molecule has 0 radical (unpaired) electrons. The van der Waals surface area contributed by atoms with Crippen molar-refractivity contribution in [2.24, 2.45) is 0 Å². The van der Waals surface area contributed by atoms with Crippen molar-refractivity contribution in [3.8, 4) is 0 Å². The molecular formula is C24H15Cl2N3O4S2. The summed E-state index contributed by atoms with van der Waals surface area (Å²) in [6.07, 6.45) is 1.43. The van der Waals surface area contributed by atoms with Crippen molar-refractivity contribution < 1.29 is 19.1 Å². The minimum atomic E-state index is -1.00. The van der Waals surface area contributed by atoms with Crippen LogP contribution in [-0.4, -0.2) is 27.0 Å². The summed E-state index contributed by atoms with van der Waals surface area (Å²) < 4.78 is 6.15. The molecule has 1 amide bonds. The zero-order valence-electron chi connectivity index (χ0n) is 17.7. The number of hydrogen-bond acceptors (Lipinski definition) is 8. The third-order valence-electron chi connectivity index (χ3n) is 5.29. The second-order valence-corrected chi connectivity index (χ2v) is 10.4. The molecule has 5 rings (SSSR count). The van der Waals surface area contributed by atoms with Crippen molar-refractivity contribution in [2.75, 3.05) is 4.90 Å². The predicted molar refractivity (Wildman–Crippen MR) is 136 cm³/mol. The van der Waals surface area contributed by atoms with E-state index >= 15 is 0 Å². The molecule has 0 saturated carbocycles. The summed E-state index contributed by atoms with van der Waals surface area (Å²) in [5.74, 6) is -1.15. The van der Waals surface area contributed by atoms with Gasteiger partial charge in [-0.1, -0.05) is 64.5 Å². The van der Waals surface area contributed by atoms with Gasteiger partial charge in [0.15, 0.2) is 4.34 Å². The van der Waals surface area contributed by atoms with E-state index in [1.165, 1.54) is 22.9 Å². The molecule has 1 unspecified atom stereocenters. The summed E-state index contributed by atoms with van der Waals surface area (Å²) >= 11 is 14.8. The smallest absolute Gasteiger partial charge is 0.302 e. The number of benzene rings is 2. The quantitative estimate of drug-likeness (QED) is 0.0993. The van der Waals surface area contributed by atoms with E-state index in [4.69, 9.17) is 27.6 Å². The van der Waals surface area contributed by atoms with Crippen LogP contribution >= 0.6 is 46.3 Å². The Hall–Kier alpha value is -3.11. The third-order valence-corrected chi connectivity index (χ3v) is 8.01. The SMILES string of the molecule is O=C1C(=O)N(c2nnc(SCc3ccccc3Cl)s2)C(c2ccco2)/C1=C(/O)c1ccc(Cl)cc1. The number of anilines is 1. The zero-order valence-corrected chi connectivity index (χ0v) is 20.9. The van der Waals surface area contributed by atoms with Crippen LogP contribution in [0.1, 0.15) is 22.9 Å². The van der Waals surface area contributed by atoms with E-state index in [-0.39, 0.29) is 16.5 Å². The second-order valence-electron chi connectivity index (χ2n) is 7.42. The number of hydrogen-bond donors (Lipinski definition) is 1. The normalized spacial score (nSPS) is 17.3. The number of carbonyl (C=O) groups is 2. The van der Waals surface area contributed by atoms with Crippen LogP contribution in [0.15, 0.2) is 81.3 Å². The number of halogens is 2. The molecular weight excluding hydrogens is 529 g/mol. The number of Topliss-reactive ketones (excluding diaryl/α,β-unsaturated/α-hetero) is 1. The van der Waals surface area contributed by atoms with Crippen molar-refractivity contribution in [3.05, 3.63) is 99.4 Å². The molecule has 7 nitrogen and oxygen atoms in total. The van der Waals surface area contributed by atoms with Gasteiger partial charge in [0.2, 0.25) is 5.13 Å². The third kappa shape index (κ3) is 4.60. The minimum absolute atomic E-state index is 0.104. The van der Waals surface area contributed by atoms with Crippen LogP contribution in [0.2, 0.25) is 10.0 Å². The first kappa shape index (κ1) is 23.6. The van der Waals surface area contributed by atoms with Gasteiger partial charge in [-0.15, -0.1) is 10.2 Å². The number of aliphatic hydroxyl groups excluding tert-OH is 1. The highest BCUT2D eigenvalue weighted by Crippen LogP contribution is 2.44. The first-order valence-electron chi connectivity index (χ1n) is 10.2. The number of ketones is 1. The Labute approximate surface area is 218 Å². The molecule has 1 fully saturated rings. The van der Waals surface area contributed by atoms with Gasteiger partial charge in [-0.05, 0) is 48.0 Å². The Morgan fingerprint density at radius 2 is 1.83 bits per heavy atom. The highest BCUT2D eigenvalue weighted by molar-refractivity contribution is 8.00. The summed E-state index contributed by atoms with van der Waals surface area (Å²) in [6.45, 7) is 0. The maximum atomic E-state index is 13.1. The predicted octanol–water partition coefficient (Wildman–Crippen LogP) is 6.36. The molecule has 0 spiro atoms.